The molecule has 84 valence electrons. The Morgan fingerprint density at radius 2 is 2.19 bits per heavy atom. The monoisotopic (exact) mass is 237 g/mol. The SMILES string of the molecule is COC(=O)CSc1nc(C)nc(C)c1C#N. The molecule has 1 aromatic heterocycles. The largest absolute Gasteiger partial charge is 0.468 e. The molecule has 0 bridgehead atoms. The van der Waals surface area contributed by atoms with Crippen LogP contribution < -0.4 is 0 Å². The predicted molar refractivity (Wildman–Crippen MR) is 59.0 cm³/mol. The van der Waals surface area contributed by atoms with Gasteiger partial charge >= 0.3 is 5.97 Å². The molecule has 0 aliphatic heterocycles. The van der Waals surface area contributed by atoms with Crippen molar-refractivity contribution < 1.29 is 9.53 Å². The third-order valence-electron chi connectivity index (χ3n) is 1.83. The van der Waals surface area contributed by atoms with Gasteiger partial charge in [0.25, 0.3) is 0 Å². The molecular formula is C10H11N3O2S. The van der Waals surface area contributed by atoms with Gasteiger partial charge in [0.2, 0.25) is 0 Å². The summed E-state index contributed by atoms with van der Waals surface area (Å²) in [6.45, 7) is 3.49. The molecule has 5 nitrogen and oxygen atoms in total. The van der Waals surface area contributed by atoms with Crippen LogP contribution in [-0.2, 0) is 9.53 Å². The molecule has 0 unspecified atom stereocenters. The number of rotatable bonds is 3. The average Bonchev–Trinajstić information content (AvgIpc) is 2.25. The minimum Gasteiger partial charge on any atom is -0.468 e. The van der Waals surface area contributed by atoms with E-state index in [4.69, 9.17) is 5.26 Å². The number of carbonyl (C=O) groups excluding carboxylic acids is 1. The Bertz CT molecular complexity index is 454. The lowest BCUT2D eigenvalue weighted by Crippen LogP contribution is -2.05. The highest BCUT2D eigenvalue weighted by atomic mass is 32.2. The van der Waals surface area contributed by atoms with E-state index < -0.39 is 0 Å². The number of aromatic nitrogens is 2. The Balaban J connectivity index is 2.95. The van der Waals surface area contributed by atoms with Crippen molar-refractivity contribution in [3.05, 3.63) is 17.1 Å². The molecule has 0 N–H and O–H groups in total. The summed E-state index contributed by atoms with van der Waals surface area (Å²) in [4.78, 5) is 19.2. The lowest BCUT2D eigenvalue weighted by atomic mass is 10.3. The second-order valence-corrected chi connectivity index (χ2v) is 3.98. The molecule has 1 aromatic rings. The summed E-state index contributed by atoms with van der Waals surface area (Å²) in [6.07, 6.45) is 0. The second kappa shape index (κ2) is 5.47. The molecule has 0 fully saturated rings. The molecule has 16 heavy (non-hydrogen) atoms. The Kier molecular flexibility index (Phi) is 4.26. The molecule has 0 saturated heterocycles. The third-order valence-corrected chi connectivity index (χ3v) is 2.78. The van der Waals surface area contributed by atoms with Gasteiger partial charge in [-0.25, -0.2) is 9.97 Å². The van der Waals surface area contributed by atoms with E-state index in [1.54, 1.807) is 13.8 Å². The smallest absolute Gasteiger partial charge is 0.316 e. The molecule has 0 atom stereocenters. The van der Waals surface area contributed by atoms with Crippen molar-refractivity contribution in [2.75, 3.05) is 12.9 Å². The van der Waals surface area contributed by atoms with Gasteiger partial charge < -0.3 is 4.74 Å². The van der Waals surface area contributed by atoms with Crippen LogP contribution in [0.25, 0.3) is 0 Å². The number of methoxy groups -OCH3 is 1. The summed E-state index contributed by atoms with van der Waals surface area (Å²) in [6, 6.07) is 2.03. The first-order valence-corrected chi connectivity index (χ1v) is 5.52. The predicted octanol–water partition coefficient (Wildman–Crippen LogP) is 1.23. The van der Waals surface area contributed by atoms with Crippen LogP contribution in [0.2, 0.25) is 0 Å². The summed E-state index contributed by atoms with van der Waals surface area (Å²) >= 11 is 1.18. The molecule has 6 heteroatoms. The van der Waals surface area contributed by atoms with E-state index in [2.05, 4.69) is 14.7 Å². The normalized spacial score (nSPS) is 9.62. The number of esters is 1. The molecule has 0 aromatic carbocycles. The van der Waals surface area contributed by atoms with Crippen LogP contribution in [0, 0.1) is 25.2 Å². The first kappa shape index (κ1) is 12.5. The van der Waals surface area contributed by atoms with Gasteiger partial charge in [-0.1, -0.05) is 11.8 Å². The zero-order valence-corrected chi connectivity index (χ0v) is 10.1. The minimum absolute atomic E-state index is 0.140. The van der Waals surface area contributed by atoms with Crippen LogP contribution in [-0.4, -0.2) is 28.8 Å². The molecule has 0 radical (unpaired) electrons. The van der Waals surface area contributed by atoms with Crippen molar-refractivity contribution in [3.63, 3.8) is 0 Å². The maximum absolute atomic E-state index is 11.0. The molecule has 1 heterocycles. The van der Waals surface area contributed by atoms with Crippen molar-refractivity contribution in [1.82, 2.24) is 9.97 Å². The Hall–Kier alpha value is -1.61. The fourth-order valence-electron chi connectivity index (χ4n) is 1.10. The van der Waals surface area contributed by atoms with Gasteiger partial charge in [-0.05, 0) is 13.8 Å². The zero-order chi connectivity index (χ0) is 12.1. The molecule has 0 spiro atoms. The van der Waals surface area contributed by atoms with Crippen LogP contribution in [0.5, 0.6) is 0 Å². The van der Waals surface area contributed by atoms with Gasteiger partial charge in [0.15, 0.2) is 0 Å². The highest BCUT2D eigenvalue weighted by Crippen LogP contribution is 2.21. The van der Waals surface area contributed by atoms with Gasteiger partial charge in [0.1, 0.15) is 22.5 Å². The number of hydrogen-bond acceptors (Lipinski definition) is 6. The number of ether oxygens (including phenoxy) is 1. The Labute approximate surface area is 97.9 Å². The van der Waals surface area contributed by atoms with Gasteiger partial charge in [-0.3, -0.25) is 4.79 Å². The van der Waals surface area contributed by atoms with Crippen LogP contribution in [0.1, 0.15) is 17.1 Å². The topological polar surface area (TPSA) is 75.9 Å². The minimum atomic E-state index is -0.345. The summed E-state index contributed by atoms with van der Waals surface area (Å²) < 4.78 is 4.52. The van der Waals surface area contributed by atoms with E-state index in [1.165, 1.54) is 18.9 Å². The van der Waals surface area contributed by atoms with Crippen LogP contribution in [0.4, 0.5) is 0 Å². The number of nitriles is 1. The molecular weight excluding hydrogens is 226 g/mol. The van der Waals surface area contributed by atoms with Crippen molar-refractivity contribution in [2.45, 2.75) is 18.9 Å². The van der Waals surface area contributed by atoms with E-state index in [9.17, 15) is 4.79 Å². The number of aryl methyl sites for hydroxylation is 2. The highest BCUT2D eigenvalue weighted by molar-refractivity contribution is 7.99. The van der Waals surface area contributed by atoms with E-state index in [1.807, 2.05) is 6.07 Å². The second-order valence-electron chi connectivity index (χ2n) is 3.01. The maximum atomic E-state index is 11.0. The summed E-state index contributed by atoms with van der Waals surface area (Å²) in [7, 11) is 1.32. The van der Waals surface area contributed by atoms with Gasteiger partial charge in [-0.15, -0.1) is 0 Å². The van der Waals surface area contributed by atoms with E-state index in [-0.39, 0.29) is 11.7 Å². The molecule has 1 rings (SSSR count). The maximum Gasteiger partial charge on any atom is 0.316 e. The lowest BCUT2D eigenvalue weighted by molar-refractivity contribution is -0.137. The highest BCUT2D eigenvalue weighted by Gasteiger charge is 2.12. The fraction of sp³-hybridized carbons (Fsp3) is 0.400. The first-order chi connectivity index (χ1) is 7.58. The molecule has 0 saturated carbocycles. The van der Waals surface area contributed by atoms with Crippen LogP contribution >= 0.6 is 11.8 Å². The summed E-state index contributed by atoms with van der Waals surface area (Å²) in [5.74, 6) is 0.382. The molecule has 0 aliphatic rings. The Morgan fingerprint density at radius 3 is 2.75 bits per heavy atom. The number of thioether (sulfide) groups is 1. The van der Waals surface area contributed by atoms with Crippen molar-refractivity contribution >= 4 is 17.7 Å². The van der Waals surface area contributed by atoms with E-state index in [0.717, 1.165) is 0 Å². The summed E-state index contributed by atoms with van der Waals surface area (Å²) in [5, 5.41) is 9.48. The first-order valence-electron chi connectivity index (χ1n) is 4.53. The van der Waals surface area contributed by atoms with Crippen LogP contribution in [0.3, 0.4) is 0 Å². The van der Waals surface area contributed by atoms with Crippen LogP contribution in [0.15, 0.2) is 5.03 Å². The number of hydrogen-bond donors (Lipinski definition) is 0. The van der Waals surface area contributed by atoms with E-state index in [0.29, 0.717) is 22.1 Å². The van der Waals surface area contributed by atoms with Crippen molar-refractivity contribution in [1.29, 1.82) is 5.26 Å². The van der Waals surface area contributed by atoms with Crippen molar-refractivity contribution in [2.24, 2.45) is 0 Å². The standard InChI is InChI=1S/C10H11N3O2S/c1-6-8(4-11)10(13-7(2)12-6)16-5-9(14)15-3/h5H2,1-3H3. The lowest BCUT2D eigenvalue weighted by Gasteiger charge is -2.05. The number of nitrogens with zero attached hydrogens (tertiary/aromatic N) is 3. The molecule has 0 amide bonds. The van der Waals surface area contributed by atoms with Gasteiger partial charge in [0.05, 0.1) is 18.6 Å². The third kappa shape index (κ3) is 2.94. The molecule has 0 aliphatic carbocycles. The van der Waals surface area contributed by atoms with Crippen molar-refractivity contribution in [3.8, 4) is 6.07 Å². The average molecular weight is 237 g/mol. The number of carbonyl (C=O) groups is 1. The fourth-order valence-corrected chi connectivity index (χ4v) is 2.01. The Morgan fingerprint density at radius 1 is 1.50 bits per heavy atom. The summed E-state index contributed by atoms with van der Waals surface area (Å²) in [5.41, 5.74) is 1.04. The zero-order valence-electron chi connectivity index (χ0n) is 9.27. The van der Waals surface area contributed by atoms with Gasteiger partial charge in [0, 0.05) is 0 Å². The van der Waals surface area contributed by atoms with Gasteiger partial charge in [-0.2, -0.15) is 5.26 Å². The van der Waals surface area contributed by atoms with E-state index >= 15 is 0 Å². The quantitative estimate of drug-likeness (QED) is 0.447.